The van der Waals surface area contributed by atoms with Gasteiger partial charge in [-0.3, -0.25) is 9.69 Å². The molecule has 1 saturated heterocycles. The summed E-state index contributed by atoms with van der Waals surface area (Å²) in [4.78, 5) is 16.8. The molecule has 1 amide bonds. The van der Waals surface area contributed by atoms with Gasteiger partial charge >= 0.3 is 0 Å². The fourth-order valence-electron chi connectivity index (χ4n) is 3.11. The minimum Gasteiger partial charge on any atom is -0.497 e. The summed E-state index contributed by atoms with van der Waals surface area (Å²) in [6.45, 7) is 4.82. The molecule has 0 unspecified atom stereocenters. The van der Waals surface area contributed by atoms with Crippen LogP contribution in [-0.4, -0.2) is 62.1 Å². The predicted octanol–water partition coefficient (Wildman–Crippen LogP) is 3.22. The second-order valence-corrected chi connectivity index (χ2v) is 7.47. The fourth-order valence-corrected chi connectivity index (χ4v) is 3.38. The molecule has 3 rings (SSSR count). The third-order valence-electron chi connectivity index (χ3n) is 4.70. The van der Waals surface area contributed by atoms with E-state index in [-0.39, 0.29) is 5.91 Å². The molecule has 0 aliphatic carbocycles. The molecule has 2 aromatic rings. The van der Waals surface area contributed by atoms with Crippen LogP contribution in [0.4, 0.5) is 0 Å². The summed E-state index contributed by atoms with van der Waals surface area (Å²) in [6.07, 6.45) is 0.421. The molecule has 1 fully saturated rings. The minimum atomic E-state index is 0.175. The zero-order valence-electron chi connectivity index (χ0n) is 15.6. The summed E-state index contributed by atoms with van der Waals surface area (Å²) in [7, 11) is 1.64. The van der Waals surface area contributed by atoms with Crippen LogP contribution in [0.2, 0.25) is 0 Å². The molecule has 0 bridgehead atoms. The van der Waals surface area contributed by atoms with Crippen molar-refractivity contribution in [2.75, 3.05) is 46.4 Å². The average molecular weight is 433 g/mol. The number of hydrogen-bond acceptors (Lipinski definition) is 4. The molecule has 0 spiro atoms. The molecular weight excluding hydrogens is 408 g/mol. The lowest BCUT2D eigenvalue weighted by molar-refractivity contribution is -0.132. The highest BCUT2D eigenvalue weighted by Gasteiger charge is 2.21. The van der Waals surface area contributed by atoms with Gasteiger partial charge in [0.1, 0.15) is 18.1 Å². The first kappa shape index (κ1) is 19.7. The summed E-state index contributed by atoms with van der Waals surface area (Å²) < 4.78 is 12.1. The Kier molecular flexibility index (Phi) is 7.12. The Hall–Kier alpha value is -2.05. The topological polar surface area (TPSA) is 42.0 Å². The van der Waals surface area contributed by atoms with Crippen LogP contribution in [0, 0.1) is 0 Å². The molecule has 1 aliphatic heterocycles. The highest BCUT2D eigenvalue weighted by atomic mass is 79.9. The van der Waals surface area contributed by atoms with Gasteiger partial charge in [-0.1, -0.05) is 28.1 Å². The van der Waals surface area contributed by atoms with E-state index in [1.54, 1.807) is 7.11 Å². The Balaban J connectivity index is 1.39. The maximum absolute atomic E-state index is 12.5. The summed E-state index contributed by atoms with van der Waals surface area (Å²) in [5, 5.41) is 0. The van der Waals surface area contributed by atoms with Crippen LogP contribution in [-0.2, 0) is 11.2 Å². The molecule has 144 valence electrons. The van der Waals surface area contributed by atoms with Crippen molar-refractivity contribution in [1.82, 2.24) is 9.80 Å². The maximum atomic E-state index is 12.5. The fraction of sp³-hybridized carbons (Fsp3) is 0.381. The van der Waals surface area contributed by atoms with Gasteiger partial charge in [0.05, 0.1) is 13.5 Å². The van der Waals surface area contributed by atoms with Crippen molar-refractivity contribution in [3.8, 4) is 11.5 Å². The van der Waals surface area contributed by atoms with Crippen LogP contribution < -0.4 is 9.47 Å². The van der Waals surface area contributed by atoms with Gasteiger partial charge in [-0.25, -0.2) is 0 Å². The van der Waals surface area contributed by atoms with E-state index in [9.17, 15) is 4.79 Å². The van der Waals surface area contributed by atoms with Gasteiger partial charge in [-0.05, 0) is 42.0 Å². The smallest absolute Gasteiger partial charge is 0.227 e. The Bertz CT molecular complexity index is 743. The highest BCUT2D eigenvalue weighted by Crippen LogP contribution is 2.16. The highest BCUT2D eigenvalue weighted by molar-refractivity contribution is 9.10. The molecular formula is C21H25BrN2O3. The van der Waals surface area contributed by atoms with Crippen LogP contribution in [0.1, 0.15) is 5.56 Å². The van der Waals surface area contributed by atoms with Gasteiger partial charge < -0.3 is 14.4 Å². The first-order valence-electron chi connectivity index (χ1n) is 9.15. The van der Waals surface area contributed by atoms with E-state index in [0.29, 0.717) is 13.0 Å². The van der Waals surface area contributed by atoms with Crippen LogP contribution in [0.5, 0.6) is 11.5 Å². The third-order valence-corrected chi connectivity index (χ3v) is 5.23. The Labute approximate surface area is 169 Å². The Morgan fingerprint density at radius 1 is 1.04 bits per heavy atom. The standard InChI is InChI=1S/C21H25BrN2O3/c1-26-20-4-2-3-17(15-20)16-21(25)24-11-9-23(10-12-24)13-14-27-19-7-5-18(22)6-8-19/h2-8,15H,9-14,16H2,1H3. The zero-order chi connectivity index (χ0) is 19.1. The van der Waals surface area contributed by atoms with Crippen LogP contribution >= 0.6 is 15.9 Å². The molecule has 1 heterocycles. The molecule has 0 saturated carbocycles. The zero-order valence-corrected chi connectivity index (χ0v) is 17.2. The number of halogens is 1. The van der Waals surface area contributed by atoms with Crippen molar-refractivity contribution < 1.29 is 14.3 Å². The average Bonchev–Trinajstić information content (AvgIpc) is 2.70. The van der Waals surface area contributed by atoms with Crippen molar-refractivity contribution in [3.63, 3.8) is 0 Å². The molecule has 2 aromatic carbocycles. The largest absolute Gasteiger partial charge is 0.497 e. The van der Waals surface area contributed by atoms with E-state index in [4.69, 9.17) is 9.47 Å². The van der Waals surface area contributed by atoms with E-state index < -0.39 is 0 Å². The van der Waals surface area contributed by atoms with Crippen molar-refractivity contribution >= 4 is 21.8 Å². The number of hydrogen-bond donors (Lipinski definition) is 0. The summed E-state index contributed by atoms with van der Waals surface area (Å²) in [5.41, 5.74) is 0.990. The Morgan fingerprint density at radius 2 is 1.78 bits per heavy atom. The quantitative estimate of drug-likeness (QED) is 0.673. The third kappa shape index (κ3) is 5.97. The van der Waals surface area contributed by atoms with Crippen molar-refractivity contribution in [3.05, 3.63) is 58.6 Å². The normalized spacial score (nSPS) is 14.8. The predicted molar refractivity (Wildman–Crippen MR) is 109 cm³/mol. The maximum Gasteiger partial charge on any atom is 0.227 e. The van der Waals surface area contributed by atoms with Gasteiger partial charge in [0.25, 0.3) is 0 Å². The number of amides is 1. The van der Waals surface area contributed by atoms with Crippen LogP contribution in [0.15, 0.2) is 53.0 Å². The molecule has 27 heavy (non-hydrogen) atoms. The van der Waals surface area contributed by atoms with E-state index in [0.717, 1.165) is 54.3 Å². The summed E-state index contributed by atoms with van der Waals surface area (Å²) >= 11 is 3.42. The number of carbonyl (C=O) groups excluding carboxylic acids is 1. The molecule has 0 N–H and O–H groups in total. The first-order valence-corrected chi connectivity index (χ1v) is 9.95. The lowest BCUT2D eigenvalue weighted by Crippen LogP contribution is -2.49. The van der Waals surface area contributed by atoms with E-state index >= 15 is 0 Å². The lowest BCUT2D eigenvalue weighted by Gasteiger charge is -2.34. The van der Waals surface area contributed by atoms with E-state index in [1.165, 1.54) is 0 Å². The van der Waals surface area contributed by atoms with Crippen LogP contribution in [0.25, 0.3) is 0 Å². The number of nitrogens with zero attached hydrogens (tertiary/aromatic N) is 2. The van der Waals surface area contributed by atoms with Gasteiger partial charge in [-0.15, -0.1) is 0 Å². The van der Waals surface area contributed by atoms with E-state index in [2.05, 4.69) is 20.8 Å². The molecule has 5 nitrogen and oxygen atoms in total. The summed E-state index contributed by atoms with van der Waals surface area (Å²) in [5.74, 6) is 1.84. The minimum absolute atomic E-state index is 0.175. The number of methoxy groups -OCH3 is 1. The number of piperazine rings is 1. The molecule has 0 aromatic heterocycles. The van der Waals surface area contributed by atoms with Gasteiger partial charge in [-0.2, -0.15) is 0 Å². The van der Waals surface area contributed by atoms with E-state index in [1.807, 2.05) is 53.4 Å². The van der Waals surface area contributed by atoms with Crippen LogP contribution in [0.3, 0.4) is 0 Å². The number of benzene rings is 2. The second-order valence-electron chi connectivity index (χ2n) is 6.55. The van der Waals surface area contributed by atoms with Crippen molar-refractivity contribution in [2.45, 2.75) is 6.42 Å². The first-order chi connectivity index (χ1) is 13.1. The van der Waals surface area contributed by atoms with Gasteiger partial charge in [0, 0.05) is 37.2 Å². The lowest BCUT2D eigenvalue weighted by atomic mass is 10.1. The Morgan fingerprint density at radius 3 is 2.48 bits per heavy atom. The number of carbonyl (C=O) groups is 1. The molecule has 6 heteroatoms. The van der Waals surface area contributed by atoms with Crippen molar-refractivity contribution in [1.29, 1.82) is 0 Å². The molecule has 0 radical (unpaired) electrons. The van der Waals surface area contributed by atoms with Crippen molar-refractivity contribution in [2.24, 2.45) is 0 Å². The molecule has 1 aliphatic rings. The monoisotopic (exact) mass is 432 g/mol. The van der Waals surface area contributed by atoms with Gasteiger partial charge in [0.15, 0.2) is 0 Å². The number of ether oxygens (including phenoxy) is 2. The second kappa shape index (κ2) is 9.76. The van der Waals surface area contributed by atoms with Gasteiger partial charge in [0.2, 0.25) is 5.91 Å². The SMILES string of the molecule is COc1cccc(CC(=O)N2CCN(CCOc3ccc(Br)cc3)CC2)c1. The molecule has 0 atom stereocenters. The number of rotatable bonds is 7. The summed E-state index contributed by atoms with van der Waals surface area (Å²) in [6, 6.07) is 15.6.